The first kappa shape index (κ1) is 12.7. The van der Waals surface area contributed by atoms with E-state index in [0.717, 1.165) is 28.7 Å². The average molecular weight is 244 g/mol. The van der Waals surface area contributed by atoms with Crippen molar-refractivity contribution < 1.29 is 4.79 Å². The van der Waals surface area contributed by atoms with Crippen LogP contribution in [-0.2, 0) is 6.54 Å². The zero-order valence-corrected chi connectivity index (χ0v) is 11.4. The van der Waals surface area contributed by atoms with E-state index in [1.54, 1.807) is 0 Å². The molecule has 3 heteroatoms. The molecule has 2 aromatic rings. The number of nitrogens with one attached hydrogen (secondary N) is 1. The smallest absolute Gasteiger partial charge is 0.268 e. The summed E-state index contributed by atoms with van der Waals surface area (Å²) in [6, 6.07) is 8.32. The van der Waals surface area contributed by atoms with Crippen molar-refractivity contribution in [2.24, 2.45) is 0 Å². The van der Waals surface area contributed by atoms with Crippen LogP contribution >= 0.6 is 0 Å². The van der Waals surface area contributed by atoms with Crippen LogP contribution in [0.25, 0.3) is 10.9 Å². The number of carbonyl (C=O) groups is 1. The molecule has 0 spiro atoms. The largest absolute Gasteiger partial charge is 0.349 e. The van der Waals surface area contributed by atoms with Crippen molar-refractivity contribution >= 4 is 16.8 Å². The molecule has 1 amide bonds. The van der Waals surface area contributed by atoms with Crippen LogP contribution < -0.4 is 5.32 Å². The van der Waals surface area contributed by atoms with Crippen LogP contribution in [0.3, 0.4) is 0 Å². The summed E-state index contributed by atoms with van der Waals surface area (Å²) in [5.41, 5.74) is 2.98. The molecule has 0 saturated heterocycles. The number of nitrogens with zero attached hydrogens (tertiary/aromatic N) is 1. The van der Waals surface area contributed by atoms with Gasteiger partial charge in [0.25, 0.3) is 5.91 Å². The van der Waals surface area contributed by atoms with Gasteiger partial charge >= 0.3 is 0 Å². The third kappa shape index (κ3) is 2.01. The zero-order chi connectivity index (χ0) is 13.3. The van der Waals surface area contributed by atoms with E-state index in [1.807, 2.05) is 32.9 Å². The lowest BCUT2D eigenvalue weighted by Crippen LogP contribution is -2.32. The zero-order valence-electron chi connectivity index (χ0n) is 11.4. The lowest BCUT2D eigenvalue weighted by atomic mass is 10.1. The second-order valence-corrected chi connectivity index (χ2v) is 4.86. The predicted molar refractivity (Wildman–Crippen MR) is 75.0 cm³/mol. The first-order chi connectivity index (χ1) is 8.56. The van der Waals surface area contributed by atoms with Crippen LogP contribution in [0, 0.1) is 6.92 Å². The molecule has 0 aliphatic heterocycles. The van der Waals surface area contributed by atoms with Crippen molar-refractivity contribution in [1.29, 1.82) is 0 Å². The molecule has 0 aliphatic carbocycles. The second-order valence-electron chi connectivity index (χ2n) is 4.86. The van der Waals surface area contributed by atoms with Crippen LogP contribution in [0.15, 0.2) is 24.3 Å². The van der Waals surface area contributed by atoms with Gasteiger partial charge < -0.3 is 9.88 Å². The fourth-order valence-electron chi connectivity index (χ4n) is 2.43. The average Bonchev–Trinajstić information content (AvgIpc) is 2.62. The van der Waals surface area contributed by atoms with Crippen LogP contribution in [0.2, 0.25) is 0 Å². The number of amides is 1. The molecule has 3 nitrogen and oxygen atoms in total. The number of hydrogen-bond acceptors (Lipinski definition) is 1. The van der Waals surface area contributed by atoms with Crippen molar-refractivity contribution in [1.82, 2.24) is 9.88 Å². The van der Waals surface area contributed by atoms with Crippen molar-refractivity contribution in [3.8, 4) is 0 Å². The quantitative estimate of drug-likeness (QED) is 0.884. The minimum atomic E-state index is 0.0144. The van der Waals surface area contributed by atoms with Crippen molar-refractivity contribution in [2.75, 3.05) is 0 Å². The minimum absolute atomic E-state index is 0.0144. The van der Waals surface area contributed by atoms with Gasteiger partial charge in [-0.2, -0.15) is 0 Å². The molecule has 0 unspecified atom stereocenters. The van der Waals surface area contributed by atoms with E-state index in [-0.39, 0.29) is 11.9 Å². The Kier molecular flexibility index (Phi) is 3.41. The molecule has 1 aromatic heterocycles. The summed E-state index contributed by atoms with van der Waals surface area (Å²) in [7, 11) is 0. The minimum Gasteiger partial charge on any atom is -0.349 e. The number of fused-ring (bicyclic) bond motifs is 1. The van der Waals surface area contributed by atoms with Gasteiger partial charge in [-0.15, -0.1) is 0 Å². The monoisotopic (exact) mass is 244 g/mol. The van der Waals surface area contributed by atoms with E-state index >= 15 is 0 Å². The van der Waals surface area contributed by atoms with Gasteiger partial charge in [0, 0.05) is 23.5 Å². The van der Waals surface area contributed by atoms with Crippen molar-refractivity contribution in [3.63, 3.8) is 0 Å². The summed E-state index contributed by atoms with van der Waals surface area (Å²) >= 11 is 0. The Labute approximate surface area is 108 Å². The number of hydrogen-bond donors (Lipinski definition) is 1. The molecule has 0 aliphatic rings. The van der Waals surface area contributed by atoms with Crippen LogP contribution in [-0.4, -0.2) is 16.5 Å². The molecule has 1 heterocycles. The Morgan fingerprint density at radius 1 is 1.33 bits per heavy atom. The molecule has 0 radical (unpaired) electrons. The summed E-state index contributed by atoms with van der Waals surface area (Å²) < 4.78 is 2.09. The van der Waals surface area contributed by atoms with Gasteiger partial charge in [-0.1, -0.05) is 18.2 Å². The molecule has 1 aromatic carbocycles. The first-order valence-corrected chi connectivity index (χ1v) is 6.45. The Hall–Kier alpha value is -1.77. The maximum Gasteiger partial charge on any atom is 0.268 e. The van der Waals surface area contributed by atoms with Gasteiger partial charge in [0.05, 0.1) is 0 Å². The summed E-state index contributed by atoms with van der Waals surface area (Å²) in [5, 5.41) is 4.14. The Balaban J connectivity index is 2.62. The molecule has 0 bridgehead atoms. The van der Waals surface area contributed by atoms with Crippen molar-refractivity contribution in [2.45, 2.75) is 40.3 Å². The van der Waals surface area contributed by atoms with E-state index < -0.39 is 0 Å². The van der Waals surface area contributed by atoms with Gasteiger partial charge in [0.15, 0.2) is 0 Å². The number of rotatable bonds is 3. The summed E-state index contributed by atoms with van der Waals surface area (Å²) in [5.74, 6) is 0.0144. The van der Waals surface area contributed by atoms with E-state index in [1.165, 1.54) is 0 Å². The number of aromatic nitrogens is 1. The molecule has 2 rings (SSSR count). The highest BCUT2D eigenvalue weighted by atomic mass is 16.2. The van der Waals surface area contributed by atoms with E-state index in [2.05, 4.69) is 28.9 Å². The molecule has 0 fully saturated rings. The van der Waals surface area contributed by atoms with E-state index in [9.17, 15) is 4.79 Å². The highest BCUT2D eigenvalue weighted by Crippen LogP contribution is 2.25. The fourth-order valence-corrected chi connectivity index (χ4v) is 2.43. The predicted octanol–water partition coefficient (Wildman–Crippen LogP) is 3.11. The van der Waals surface area contributed by atoms with Crippen LogP contribution in [0.1, 0.15) is 36.8 Å². The van der Waals surface area contributed by atoms with Gasteiger partial charge in [0.1, 0.15) is 5.69 Å². The maximum absolute atomic E-state index is 12.3. The van der Waals surface area contributed by atoms with Gasteiger partial charge in [-0.05, 0) is 39.3 Å². The Morgan fingerprint density at radius 3 is 2.61 bits per heavy atom. The van der Waals surface area contributed by atoms with Gasteiger partial charge in [-0.25, -0.2) is 0 Å². The third-order valence-corrected chi connectivity index (χ3v) is 3.18. The van der Waals surface area contributed by atoms with Crippen molar-refractivity contribution in [3.05, 3.63) is 35.5 Å². The number of benzene rings is 1. The van der Waals surface area contributed by atoms with E-state index in [4.69, 9.17) is 0 Å². The fraction of sp³-hybridized carbons (Fsp3) is 0.400. The second kappa shape index (κ2) is 4.84. The highest BCUT2D eigenvalue weighted by Gasteiger charge is 2.19. The molecule has 0 saturated carbocycles. The normalized spacial score (nSPS) is 11.2. The first-order valence-electron chi connectivity index (χ1n) is 6.45. The lowest BCUT2D eigenvalue weighted by Gasteiger charge is -2.11. The molecule has 18 heavy (non-hydrogen) atoms. The summed E-state index contributed by atoms with van der Waals surface area (Å²) in [4.78, 5) is 12.3. The van der Waals surface area contributed by atoms with Gasteiger partial charge in [0.2, 0.25) is 0 Å². The van der Waals surface area contributed by atoms with Crippen LogP contribution in [0.5, 0.6) is 0 Å². The summed E-state index contributed by atoms with van der Waals surface area (Å²) in [6.07, 6.45) is 0. The SMILES string of the molecule is CCn1c(C(=O)NC(C)C)c(C)c2ccccc21. The lowest BCUT2D eigenvalue weighted by molar-refractivity contribution is 0.0933. The molecule has 0 atom stereocenters. The number of para-hydroxylation sites is 1. The topological polar surface area (TPSA) is 34.0 Å². The molecule has 1 N–H and O–H groups in total. The Morgan fingerprint density at radius 2 is 2.00 bits per heavy atom. The molecule has 96 valence electrons. The molecular formula is C15H20N2O. The summed E-state index contributed by atoms with van der Waals surface area (Å²) in [6.45, 7) is 8.84. The Bertz CT molecular complexity index is 581. The third-order valence-electron chi connectivity index (χ3n) is 3.18. The van der Waals surface area contributed by atoms with E-state index in [0.29, 0.717) is 0 Å². The highest BCUT2D eigenvalue weighted by molar-refractivity contribution is 6.01. The number of aryl methyl sites for hydroxylation is 2. The maximum atomic E-state index is 12.3. The van der Waals surface area contributed by atoms with Gasteiger partial charge in [-0.3, -0.25) is 4.79 Å². The molecular weight excluding hydrogens is 224 g/mol. The van der Waals surface area contributed by atoms with Crippen LogP contribution in [0.4, 0.5) is 0 Å². The standard InChI is InChI=1S/C15H20N2O/c1-5-17-13-9-7-6-8-12(13)11(4)14(17)15(18)16-10(2)3/h6-10H,5H2,1-4H3,(H,16,18). The number of carbonyl (C=O) groups excluding carboxylic acids is 1.